The Balaban J connectivity index is 0.00000154. The van der Waals surface area contributed by atoms with E-state index in [1.807, 2.05) is 13.8 Å². The van der Waals surface area contributed by atoms with E-state index in [0.29, 0.717) is 12.2 Å². The van der Waals surface area contributed by atoms with Crippen molar-refractivity contribution in [3.8, 4) is 0 Å². The number of nitrogens with zero attached hydrogens (tertiary/aromatic N) is 1. The Hall–Kier alpha value is -1.91. The molecule has 1 aromatic rings. The van der Waals surface area contributed by atoms with Crippen LogP contribution in [0.15, 0.2) is 24.3 Å². The fourth-order valence-corrected chi connectivity index (χ4v) is 1.43. The SMILES string of the molecule is CC.CCOC(=O)C(C)(C)c1ccc([N+](=O)[O-])cc1. The molecule has 0 bridgehead atoms. The van der Waals surface area contributed by atoms with Crippen LogP contribution in [-0.4, -0.2) is 17.5 Å². The third-order valence-electron chi connectivity index (χ3n) is 2.59. The molecule has 1 rings (SSSR count). The monoisotopic (exact) mass is 267 g/mol. The molecular formula is C14H21NO4. The number of benzene rings is 1. The van der Waals surface area contributed by atoms with Crippen LogP contribution in [0.4, 0.5) is 5.69 Å². The van der Waals surface area contributed by atoms with E-state index in [2.05, 4.69) is 0 Å². The summed E-state index contributed by atoms with van der Waals surface area (Å²) < 4.78 is 4.97. The number of non-ortho nitro benzene ring substituents is 1. The van der Waals surface area contributed by atoms with Crippen molar-refractivity contribution in [2.24, 2.45) is 0 Å². The number of hydrogen-bond donors (Lipinski definition) is 0. The van der Waals surface area contributed by atoms with Gasteiger partial charge in [-0.05, 0) is 26.3 Å². The standard InChI is InChI=1S/C12H15NO4.C2H6/c1-4-17-11(14)12(2,3)9-5-7-10(8-6-9)13(15)16;1-2/h5-8H,4H2,1-3H3;1-2H3. The highest BCUT2D eigenvalue weighted by molar-refractivity contribution is 5.82. The summed E-state index contributed by atoms with van der Waals surface area (Å²) >= 11 is 0. The molecule has 0 aliphatic rings. The lowest BCUT2D eigenvalue weighted by Crippen LogP contribution is -2.31. The minimum absolute atomic E-state index is 0.00779. The maximum absolute atomic E-state index is 11.7. The Labute approximate surface area is 113 Å². The third-order valence-corrected chi connectivity index (χ3v) is 2.59. The first-order chi connectivity index (χ1) is 8.89. The maximum atomic E-state index is 11.7. The van der Waals surface area contributed by atoms with Gasteiger partial charge in [-0.1, -0.05) is 26.0 Å². The number of carbonyl (C=O) groups is 1. The van der Waals surface area contributed by atoms with Crippen LogP contribution in [0.2, 0.25) is 0 Å². The highest BCUT2D eigenvalue weighted by Gasteiger charge is 2.31. The lowest BCUT2D eigenvalue weighted by atomic mass is 9.85. The molecule has 1 aromatic carbocycles. The van der Waals surface area contributed by atoms with Crippen LogP contribution in [-0.2, 0) is 14.9 Å². The molecule has 0 N–H and O–H groups in total. The molecule has 0 heterocycles. The lowest BCUT2D eigenvalue weighted by molar-refractivity contribution is -0.384. The molecule has 5 heteroatoms. The predicted octanol–water partition coefficient (Wildman–Crippen LogP) is 3.46. The summed E-state index contributed by atoms with van der Waals surface area (Å²) in [6.07, 6.45) is 0. The van der Waals surface area contributed by atoms with Crippen LogP contribution in [0.25, 0.3) is 0 Å². The summed E-state index contributed by atoms with van der Waals surface area (Å²) in [7, 11) is 0. The van der Waals surface area contributed by atoms with Crippen LogP contribution in [0.3, 0.4) is 0 Å². The highest BCUT2D eigenvalue weighted by atomic mass is 16.6. The molecular weight excluding hydrogens is 246 g/mol. The van der Waals surface area contributed by atoms with E-state index in [1.165, 1.54) is 12.1 Å². The Morgan fingerprint density at radius 2 is 1.74 bits per heavy atom. The zero-order valence-electron chi connectivity index (χ0n) is 12.1. The van der Waals surface area contributed by atoms with Gasteiger partial charge in [-0.15, -0.1) is 0 Å². The molecule has 0 radical (unpaired) electrons. The lowest BCUT2D eigenvalue weighted by Gasteiger charge is -2.22. The van der Waals surface area contributed by atoms with Crippen molar-refractivity contribution >= 4 is 11.7 Å². The van der Waals surface area contributed by atoms with Crippen molar-refractivity contribution < 1.29 is 14.5 Å². The molecule has 0 saturated heterocycles. The maximum Gasteiger partial charge on any atom is 0.315 e. The number of esters is 1. The van der Waals surface area contributed by atoms with E-state index >= 15 is 0 Å². The van der Waals surface area contributed by atoms with Gasteiger partial charge < -0.3 is 4.74 Å². The van der Waals surface area contributed by atoms with Crippen LogP contribution in [0.5, 0.6) is 0 Å². The number of nitro groups is 1. The Morgan fingerprint density at radius 3 is 2.11 bits per heavy atom. The van der Waals surface area contributed by atoms with E-state index in [9.17, 15) is 14.9 Å². The van der Waals surface area contributed by atoms with Crippen molar-refractivity contribution in [2.75, 3.05) is 6.61 Å². The number of carbonyl (C=O) groups excluding carboxylic acids is 1. The number of ether oxygens (including phenoxy) is 1. The van der Waals surface area contributed by atoms with Gasteiger partial charge in [-0.3, -0.25) is 14.9 Å². The molecule has 106 valence electrons. The minimum atomic E-state index is -0.800. The molecule has 0 aromatic heterocycles. The van der Waals surface area contributed by atoms with E-state index in [0.717, 1.165) is 0 Å². The number of rotatable bonds is 4. The van der Waals surface area contributed by atoms with Crippen LogP contribution in [0, 0.1) is 10.1 Å². The molecule has 0 amide bonds. The van der Waals surface area contributed by atoms with Crippen LogP contribution in [0.1, 0.15) is 40.2 Å². The van der Waals surface area contributed by atoms with Gasteiger partial charge in [0.25, 0.3) is 5.69 Å². The summed E-state index contributed by atoms with van der Waals surface area (Å²) in [5.74, 6) is -0.339. The van der Waals surface area contributed by atoms with Crippen LogP contribution >= 0.6 is 0 Å². The Morgan fingerprint density at radius 1 is 1.26 bits per heavy atom. The average Bonchev–Trinajstić information content (AvgIpc) is 2.41. The number of nitro benzene ring substituents is 1. The molecule has 19 heavy (non-hydrogen) atoms. The Bertz CT molecular complexity index is 424. The first-order valence-corrected chi connectivity index (χ1v) is 6.31. The summed E-state index contributed by atoms with van der Waals surface area (Å²) in [4.78, 5) is 21.8. The van der Waals surface area contributed by atoms with Crippen LogP contribution < -0.4 is 0 Å². The van der Waals surface area contributed by atoms with E-state index in [1.54, 1.807) is 32.9 Å². The molecule has 0 saturated carbocycles. The fraction of sp³-hybridized carbons (Fsp3) is 0.500. The van der Waals surface area contributed by atoms with E-state index in [-0.39, 0.29) is 11.7 Å². The molecule has 0 aliphatic carbocycles. The van der Waals surface area contributed by atoms with Gasteiger partial charge in [0.05, 0.1) is 16.9 Å². The molecule has 0 aliphatic heterocycles. The smallest absolute Gasteiger partial charge is 0.315 e. The first kappa shape index (κ1) is 17.1. The topological polar surface area (TPSA) is 69.4 Å². The van der Waals surface area contributed by atoms with Gasteiger partial charge in [0.15, 0.2) is 0 Å². The Kier molecular flexibility index (Phi) is 6.75. The molecule has 0 atom stereocenters. The highest BCUT2D eigenvalue weighted by Crippen LogP contribution is 2.26. The quantitative estimate of drug-likeness (QED) is 0.476. The molecule has 0 spiro atoms. The average molecular weight is 267 g/mol. The van der Waals surface area contributed by atoms with Gasteiger partial charge in [-0.2, -0.15) is 0 Å². The molecule has 0 fully saturated rings. The summed E-state index contributed by atoms with van der Waals surface area (Å²) in [5, 5.41) is 10.5. The first-order valence-electron chi connectivity index (χ1n) is 6.31. The second kappa shape index (κ2) is 7.51. The molecule has 0 unspecified atom stereocenters. The van der Waals surface area contributed by atoms with Crippen molar-refractivity contribution in [3.05, 3.63) is 39.9 Å². The second-order valence-electron chi connectivity index (χ2n) is 4.15. The van der Waals surface area contributed by atoms with Crippen molar-refractivity contribution in [2.45, 2.75) is 40.0 Å². The van der Waals surface area contributed by atoms with Gasteiger partial charge in [0.2, 0.25) is 0 Å². The summed E-state index contributed by atoms with van der Waals surface area (Å²) in [6, 6.07) is 5.93. The zero-order chi connectivity index (χ0) is 15.1. The van der Waals surface area contributed by atoms with Gasteiger partial charge in [-0.25, -0.2) is 0 Å². The zero-order valence-corrected chi connectivity index (χ0v) is 12.1. The van der Waals surface area contributed by atoms with E-state index in [4.69, 9.17) is 4.74 Å². The van der Waals surface area contributed by atoms with Gasteiger partial charge >= 0.3 is 5.97 Å². The van der Waals surface area contributed by atoms with Crippen molar-refractivity contribution in [3.63, 3.8) is 0 Å². The van der Waals surface area contributed by atoms with E-state index < -0.39 is 10.3 Å². The minimum Gasteiger partial charge on any atom is -0.465 e. The normalized spacial score (nSPS) is 10.2. The van der Waals surface area contributed by atoms with Crippen molar-refractivity contribution in [1.82, 2.24) is 0 Å². The second-order valence-corrected chi connectivity index (χ2v) is 4.15. The van der Waals surface area contributed by atoms with Crippen molar-refractivity contribution in [1.29, 1.82) is 0 Å². The number of hydrogen-bond acceptors (Lipinski definition) is 4. The van der Waals surface area contributed by atoms with Gasteiger partial charge in [0.1, 0.15) is 0 Å². The molecule has 5 nitrogen and oxygen atoms in total. The third kappa shape index (κ3) is 4.35. The predicted molar refractivity (Wildman–Crippen MR) is 74.1 cm³/mol. The summed E-state index contributed by atoms with van der Waals surface area (Å²) in [6.45, 7) is 9.51. The summed E-state index contributed by atoms with van der Waals surface area (Å²) in [5.41, 5.74) is -0.0968. The van der Waals surface area contributed by atoms with Gasteiger partial charge in [0, 0.05) is 12.1 Å². The fourth-order valence-electron chi connectivity index (χ4n) is 1.43. The largest absolute Gasteiger partial charge is 0.465 e.